The van der Waals surface area contributed by atoms with E-state index in [1.807, 2.05) is 5.43 Å². The topological polar surface area (TPSA) is 180 Å². The molecule has 2 rings (SSSR count). The molecule has 14 heteroatoms. The number of sulfonamides is 1. The summed E-state index contributed by atoms with van der Waals surface area (Å²) < 4.78 is 31.8. The van der Waals surface area contributed by atoms with E-state index in [-0.39, 0.29) is 10.8 Å². The highest BCUT2D eigenvalue weighted by Crippen LogP contribution is 2.19. The molecule has 1 unspecified atom stereocenters. The van der Waals surface area contributed by atoms with Crippen LogP contribution in [0.3, 0.4) is 0 Å². The van der Waals surface area contributed by atoms with Gasteiger partial charge < -0.3 is 15.4 Å². The number of ether oxygens (including phenoxy) is 1. The van der Waals surface area contributed by atoms with Gasteiger partial charge in [-0.1, -0.05) is 6.92 Å². The molecule has 0 aliphatic carbocycles. The van der Waals surface area contributed by atoms with Crippen LogP contribution < -0.4 is 20.8 Å². The van der Waals surface area contributed by atoms with Crippen LogP contribution in [0.4, 0.5) is 10.5 Å². The molecule has 13 nitrogen and oxygen atoms in total. The Kier molecular flexibility index (Phi) is 7.76. The Morgan fingerprint density at radius 3 is 2.30 bits per heavy atom. The number of benzene rings is 1. The predicted octanol–water partition coefficient (Wildman–Crippen LogP) is -0.393. The monoisotopic (exact) mass is 483 g/mol. The van der Waals surface area contributed by atoms with E-state index in [0.717, 1.165) is 0 Å². The van der Waals surface area contributed by atoms with Gasteiger partial charge in [-0.25, -0.2) is 13.2 Å². The summed E-state index contributed by atoms with van der Waals surface area (Å²) in [5, 5.41) is 5.43. The summed E-state index contributed by atoms with van der Waals surface area (Å²) in [4.78, 5) is 59.1. The molecule has 1 fully saturated rings. The number of urea groups is 1. The zero-order valence-corrected chi connectivity index (χ0v) is 19.2. The first kappa shape index (κ1) is 25.7. The molecule has 1 aromatic rings. The Bertz CT molecular complexity index is 1070. The summed E-state index contributed by atoms with van der Waals surface area (Å²) >= 11 is 0. The normalized spacial score (nSPS) is 19.0. The molecule has 1 saturated heterocycles. The summed E-state index contributed by atoms with van der Waals surface area (Å²) in [7, 11) is -4.11. The summed E-state index contributed by atoms with van der Waals surface area (Å²) in [6, 6.07) is 3.06. The Morgan fingerprint density at radius 2 is 1.79 bits per heavy atom. The second-order valence-electron chi connectivity index (χ2n) is 7.45. The van der Waals surface area contributed by atoms with E-state index in [1.165, 1.54) is 45.0 Å². The van der Waals surface area contributed by atoms with E-state index in [2.05, 4.69) is 15.4 Å². The first-order valence-corrected chi connectivity index (χ1v) is 11.3. The second-order valence-corrected chi connectivity index (χ2v) is 9.16. The number of carbonyl (C=O) groups is 5. The van der Waals surface area contributed by atoms with E-state index in [1.54, 1.807) is 6.92 Å². The molecule has 2 atom stereocenters. The molecule has 0 saturated carbocycles. The van der Waals surface area contributed by atoms with Crippen LogP contribution in [0.25, 0.3) is 0 Å². The number of anilines is 1. The van der Waals surface area contributed by atoms with Crippen LogP contribution in [0.2, 0.25) is 0 Å². The van der Waals surface area contributed by atoms with Crippen molar-refractivity contribution in [2.24, 2.45) is 0 Å². The number of nitrogens with one attached hydrogen (secondary N) is 4. The lowest BCUT2D eigenvalue weighted by molar-refractivity contribution is -0.151. The maximum Gasteiger partial charge on any atom is 0.344 e. The molecule has 0 bridgehead atoms. The number of imide groups is 1. The zero-order valence-electron chi connectivity index (χ0n) is 18.4. The van der Waals surface area contributed by atoms with E-state index >= 15 is 0 Å². The molecule has 4 N–H and O–H groups in total. The molecule has 1 aromatic carbocycles. The molecule has 0 spiro atoms. The molecule has 180 valence electrons. The van der Waals surface area contributed by atoms with Gasteiger partial charge in [0.25, 0.3) is 11.8 Å². The molecule has 1 heterocycles. The maximum absolute atomic E-state index is 12.4. The van der Waals surface area contributed by atoms with Crippen LogP contribution in [0.1, 0.15) is 34.1 Å². The van der Waals surface area contributed by atoms with Gasteiger partial charge in [0.15, 0.2) is 6.61 Å². The molecule has 1 aliphatic heterocycles. The van der Waals surface area contributed by atoms with Gasteiger partial charge in [0.1, 0.15) is 11.6 Å². The molecule has 5 amide bonds. The van der Waals surface area contributed by atoms with Crippen molar-refractivity contribution in [2.45, 2.75) is 50.6 Å². The number of carbonyl (C=O) groups excluding carboxylic acids is 5. The van der Waals surface area contributed by atoms with Gasteiger partial charge in [-0.15, -0.1) is 0 Å². The highest BCUT2D eigenvalue weighted by molar-refractivity contribution is 7.89. The fourth-order valence-corrected chi connectivity index (χ4v) is 3.91. The van der Waals surface area contributed by atoms with Crippen molar-refractivity contribution < 1.29 is 37.1 Å². The van der Waals surface area contributed by atoms with Crippen molar-refractivity contribution in [3.63, 3.8) is 0 Å². The molecule has 33 heavy (non-hydrogen) atoms. The Morgan fingerprint density at radius 1 is 1.18 bits per heavy atom. The fraction of sp³-hybridized carbons (Fsp3) is 0.421. The second kappa shape index (κ2) is 9.95. The molecule has 0 radical (unpaired) electrons. The van der Waals surface area contributed by atoms with Gasteiger partial charge >= 0.3 is 12.0 Å². The lowest BCUT2D eigenvalue weighted by Gasteiger charge is -2.19. The zero-order chi connectivity index (χ0) is 25.0. The maximum atomic E-state index is 12.4. The minimum Gasteiger partial charge on any atom is -0.454 e. The van der Waals surface area contributed by atoms with Gasteiger partial charge in [0.2, 0.25) is 15.9 Å². The fourth-order valence-electron chi connectivity index (χ4n) is 2.71. The van der Waals surface area contributed by atoms with Gasteiger partial charge in [0.05, 0.1) is 4.90 Å². The van der Waals surface area contributed by atoms with Crippen LogP contribution in [0.5, 0.6) is 0 Å². The van der Waals surface area contributed by atoms with Gasteiger partial charge in [-0.2, -0.15) is 9.73 Å². The Labute approximate surface area is 190 Å². The van der Waals surface area contributed by atoms with Gasteiger partial charge in [0, 0.05) is 12.6 Å². The average Bonchev–Trinajstić information content (AvgIpc) is 2.95. The van der Waals surface area contributed by atoms with Crippen LogP contribution in [0.15, 0.2) is 29.2 Å². The smallest absolute Gasteiger partial charge is 0.344 e. The standard InChI is InChI=1S/C19H25N5O8S/c1-5-19(4)17(28)24(18(29)21-19)22-15(26)10-32-16(27)11(2)23-33(30,31)14-8-6-13(7-9-14)20-12(3)25/h6-9,11,23H,5,10H2,1-4H3,(H,20,25)(H,21,29)(H,22,26)/t11-,19?/m0/s1. The number of rotatable bonds is 9. The van der Waals surface area contributed by atoms with Crippen molar-refractivity contribution in [3.8, 4) is 0 Å². The van der Waals surface area contributed by atoms with Crippen molar-refractivity contribution in [1.29, 1.82) is 0 Å². The quantitative estimate of drug-likeness (QED) is 0.271. The molecular weight excluding hydrogens is 458 g/mol. The number of hydrogen-bond donors (Lipinski definition) is 4. The van der Waals surface area contributed by atoms with E-state index < -0.39 is 52.0 Å². The number of hydrazine groups is 1. The number of hydrogen-bond acceptors (Lipinski definition) is 8. The molecule has 0 aromatic heterocycles. The van der Waals surface area contributed by atoms with Crippen LogP contribution in [-0.2, 0) is 33.9 Å². The predicted molar refractivity (Wildman–Crippen MR) is 114 cm³/mol. The lowest BCUT2D eigenvalue weighted by Crippen LogP contribution is -2.50. The molecular formula is C19H25N5O8S. The highest BCUT2D eigenvalue weighted by atomic mass is 32.2. The van der Waals surface area contributed by atoms with Crippen LogP contribution >= 0.6 is 0 Å². The summed E-state index contributed by atoms with van der Waals surface area (Å²) in [6.07, 6.45) is 0.298. The number of esters is 1. The third-order valence-corrected chi connectivity index (χ3v) is 6.28. The number of amides is 5. The largest absolute Gasteiger partial charge is 0.454 e. The van der Waals surface area contributed by atoms with Crippen molar-refractivity contribution in [2.75, 3.05) is 11.9 Å². The SMILES string of the molecule is CCC1(C)NC(=O)N(NC(=O)COC(=O)[C@H](C)NS(=O)(=O)c2ccc(NC(C)=O)cc2)C1=O. The minimum absolute atomic E-state index is 0.161. The van der Waals surface area contributed by atoms with Crippen molar-refractivity contribution in [3.05, 3.63) is 24.3 Å². The Hall–Kier alpha value is -3.52. The van der Waals surface area contributed by atoms with Crippen LogP contribution in [0, 0.1) is 0 Å². The third kappa shape index (κ3) is 6.26. The summed E-state index contributed by atoms with van der Waals surface area (Å²) in [6.45, 7) is 4.86. The number of nitrogens with zero attached hydrogens (tertiary/aromatic N) is 1. The van der Waals surface area contributed by atoms with E-state index in [4.69, 9.17) is 4.74 Å². The van der Waals surface area contributed by atoms with Gasteiger partial charge in [-0.05, 0) is 44.5 Å². The molecule has 1 aliphatic rings. The first-order valence-electron chi connectivity index (χ1n) is 9.82. The summed E-state index contributed by atoms with van der Waals surface area (Å²) in [5.74, 6) is -3.01. The van der Waals surface area contributed by atoms with Gasteiger partial charge in [-0.3, -0.25) is 24.6 Å². The van der Waals surface area contributed by atoms with E-state index in [0.29, 0.717) is 17.1 Å². The first-order chi connectivity index (χ1) is 15.3. The van der Waals surface area contributed by atoms with Crippen molar-refractivity contribution >= 4 is 45.4 Å². The third-order valence-electron chi connectivity index (χ3n) is 4.72. The highest BCUT2D eigenvalue weighted by Gasteiger charge is 2.47. The Balaban J connectivity index is 1.90. The van der Waals surface area contributed by atoms with E-state index in [9.17, 15) is 32.4 Å². The minimum atomic E-state index is -4.11. The van der Waals surface area contributed by atoms with Crippen LogP contribution in [-0.4, -0.2) is 61.3 Å². The van der Waals surface area contributed by atoms with Crippen molar-refractivity contribution in [1.82, 2.24) is 20.5 Å². The summed E-state index contributed by atoms with van der Waals surface area (Å²) in [5.41, 5.74) is 1.28. The average molecular weight is 484 g/mol. The lowest BCUT2D eigenvalue weighted by atomic mass is 10.00.